The molecule has 0 aromatic heterocycles. The molecule has 0 aliphatic carbocycles. The standard InChI is InChI=1S/C33H32O7/c1-2-21-4-7-32(39-18-26-16-37-26)30(28(21)10-20(1)9-24-13-35-24)12-31-29-11-23(34-14-25-15-36-25)6-3-22(29)5-8-33(31)40-19-27-17-38-27/h1-8,10-11,24-27H,9,12-19H2. The Morgan fingerprint density at radius 2 is 1.05 bits per heavy atom. The van der Waals surface area contributed by atoms with E-state index in [9.17, 15) is 0 Å². The summed E-state index contributed by atoms with van der Waals surface area (Å²) in [7, 11) is 0. The lowest BCUT2D eigenvalue weighted by molar-refractivity contribution is 0.259. The van der Waals surface area contributed by atoms with Crippen molar-refractivity contribution in [2.45, 2.75) is 37.3 Å². The van der Waals surface area contributed by atoms with Crippen LogP contribution in [0.3, 0.4) is 0 Å². The summed E-state index contributed by atoms with van der Waals surface area (Å²) in [6.45, 7) is 4.77. The molecular weight excluding hydrogens is 508 g/mol. The zero-order chi connectivity index (χ0) is 26.5. The third-order valence-electron chi connectivity index (χ3n) is 7.93. The van der Waals surface area contributed by atoms with Crippen LogP contribution in [0.1, 0.15) is 16.7 Å². The molecule has 7 nitrogen and oxygen atoms in total. The maximum Gasteiger partial charge on any atom is 0.123 e. The highest BCUT2D eigenvalue weighted by Crippen LogP contribution is 2.38. The molecule has 4 unspecified atom stereocenters. The third-order valence-corrected chi connectivity index (χ3v) is 7.93. The van der Waals surface area contributed by atoms with Crippen LogP contribution >= 0.6 is 0 Å². The largest absolute Gasteiger partial charge is 0.491 e. The van der Waals surface area contributed by atoms with Gasteiger partial charge in [-0.15, -0.1) is 0 Å². The number of hydrogen-bond acceptors (Lipinski definition) is 7. The molecule has 4 aliphatic rings. The Morgan fingerprint density at radius 3 is 1.62 bits per heavy atom. The van der Waals surface area contributed by atoms with E-state index in [0.29, 0.717) is 32.3 Å². The summed E-state index contributed by atoms with van der Waals surface area (Å²) >= 11 is 0. The van der Waals surface area contributed by atoms with Gasteiger partial charge in [0.1, 0.15) is 55.4 Å². The molecule has 0 amide bonds. The second-order valence-electron chi connectivity index (χ2n) is 11.2. The first-order valence-electron chi connectivity index (χ1n) is 14.2. The normalized spacial score (nSPS) is 24.2. The number of fused-ring (bicyclic) bond motifs is 2. The van der Waals surface area contributed by atoms with Crippen molar-refractivity contribution >= 4 is 21.5 Å². The van der Waals surface area contributed by atoms with Crippen molar-refractivity contribution in [3.8, 4) is 17.2 Å². The van der Waals surface area contributed by atoms with E-state index in [1.54, 1.807) is 0 Å². The molecule has 8 rings (SSSR count). The molecule has 4 aromatic rings. The maximum absolute atomic E-state index is 6.38. The van der Waals surface area contributed by atoms with Gasteiger partial charge in [0, 0.05) is 24.0 Å². The Labute approximate surface area is 232 Å². The van der Waals surface area contributed by atoms with Gasteiger partial charge in [-0.25, -0.2) is 0 Å². The van der Waals surface area contributed by atoms with E-state index in [4.69, 9.17) is 33.2 Å². The van der Waals surface area contributed by atoms with Crippen LogP contribution in [-0.2, 0) is 31.8 Å². The molecule has 4 atom stereocenters. The Balaban J connectivity index is 1.22. The average Bonchev–Trinajstić information content (AvgIpc) is 3.80. The van der Waals surface area contributed by atoms with Crippen molar-refractivity contribution in [3.63, 3.8) is 0 Å². The van der Waals surface area contributed by atoms with Crippen molar-refractivity contribution in [2.75, 3.05) is 46.2 Å². The summed E-state index contributed by atoms with van der Waals surface area (Å²) in [6, 6.07) is 21.5. The Kier molecular flexibility index (Phi) is 6.25. The van der Waals surface area contributed by atoms with Crippen LogP contribution in [0.25, 0.3) is 21.5 Å². The highest BCUT2D eigenvalue weighted by molar-refractivity contribution is 5.92. The van der Waals surface area contributed by atoms with E-state index in [1.165, 1.54) is 16.3 Å². The van der Waals surface area contributed by atoms with Gasteiger partial charge in [-0.2, -0.15) is 0 Å². The fourth-order valence-corrected chi connectivity index (χ4v) is 5.27. The quantitative estimate of drug-likeness (QED) is 0.224. The Hall–Kier alpha value is -3.36. The molecule has 0 saturated carbocycles. The zero-order valence-electron chi connectivity index (χ0n) is 22.3. The van der Waals surface area contributed by atoms with E-state index >= 15 is 0 Å². The second-order valence-corrected chi connectivity index (χ2v) is 11.2. The second kappa shape index (κ2) is 10.2. The average molecular weight is 541 g/mol. The lowest BCUT2D eigenvalue weighted by Gasteiger charge is -2.19. The third kappa shape index (κ3) is 5.60. The number of ether oxygens (including phenoxy) is 7. The minimum atomic E-state index is 0.166. The van der Waals surface area contributed by atoms with Crippen molar-refractivity contribution in [1.29, 1.82) is 0 Å². The molecule has 0 N–H and O–H groups in total. The van der Waals surface area contributed by atoms with Crippen LogP contribution < -0.4 is 14.2 Å². The van der Waals surface area contributed by atoms with Gasteiger partial charge in [-0.05, 0) is 51.4 Å². The van der Waals surface area contributed by atoms with Crippen LogP contribution in [0.15, 0.2) is 60.7 Å². The monoisotopic (exact) mass is 540 g/mol. The van der Waals surface area contributed by atoms with Gasteiger partial charge >= 0.3 is 0 Å². The van der Waals surface area contributed by atoms with Gasteiger partial charge in [0.05, 0.1) is 32.5 Å². The molecule has 40 heavy (non-hydrogen) atoms. The smallest absolute Gasteiger partial charge is 0.123 e. The first kappa shape index (κ1) is 24.4. The molecule has 4 heterocycles. The molecule has 0 bridgehead atoms. The summed E-state index contributed by atoms with van der Waals surface area (Å²) in [5.41, 5.74) is 3.54. The van der Waals surface area contributed by atoms with E-state index < -0.39 is 0 Å². The molecular formula is C33H32O7. The fourth-order valence-electron chi connectivity index (χ4n) is 5.27. The van der Waals surface area contributed by atoms with E-state index in [-0.39, 0.29) is 18.3 Å². The van der Waals surface area contributed by atoms with Gasteiger partial charge < -0.3 is 33.2 Å². The molecule has 0 radical (unpaired) electrons. The van der Waals surface area contributed by atoms with Crippen LogP contribution in [0.4, 0.5) is 0 Å². The van der Waals surface area contributed by atoms with Crippen LogP contribution in [0.5, 0.6) is 17.2 Å². The van der Waals surface area contributed by atoms with Crippen LogP contribution in [-0.4, -0.2) is 70.7 Å². The van der Waals surface area contributed by atoms with Gasteiger partial charge in [-0.3, -0.25) is 0 Å². The van der Waals surface area contributed by atoms with Crippen molar-refractivity contribution in [1.82, 2.24) is 0 Å². The zero-order valence-corrected chi connectivity index (χ0v) is 22.3. The van der Waals surface area contributed by atoms with Gasteiger partial charge in [-0.1, -0.05) is 36.4 Å². The molecule has 4 aliphatic heterocycles. The topological polar surface area (TPSA) is 77.8 Å². The van der Waals surface area contributed by atoms with Gasteiger partial charge in [0.15, 0.2) is 0 Å². The first-order valence-corrected chi connectivity index (χ1v) is 14.2. The number of benzene rings is 4. The minimum Gasteiger partial charge on any atom is -0.491 e. The lowest BCUT2D eigenvalue weighted by Crippen LogP contribution is -2.09. The fraction of sp³-hybridized carbons (Fsp3) is 0.394. The van der Waals surface area contributed by atoms with Gasteiger partial charge in [0.25, 0.3) is 0 Å². The summed E-state index contributed by atoms with van der Waals surface area (Å²) in [4.78, 5) is 0. The summed E-state index contributed by atoms with van der Waals surface area (Å²) in [5, 5.41) is 4.63. The molecule has 4 fully saturated rings. The molecule has 0 spiro atoms. The van der Waals surface area contributed by atoms with Crippen molar-refractivity contribution in [3.05, 3.63) is 77.4 Å². The van der Waals surface area contributed by atoms with Crippen molar-refractivity contribution < 1.29 is 33.2 Å². The highest BCUT2D eigenvalue weighted by atomic mass is 16.6. The highest BCUT2D eigenvalue weighted by Gasteiger charge is 2.27. The minimum absolute atomic E-state index is 0.166. The van der Waals surface area contributed by atoms with Crippen LogP contribution in [0.2, 0.25) is 0 Å². The van der Waals surface area contributed by atoms with Crippen LogP contribution in [0, 0.1) is 0 Å². The molecule has 4 saturated heterocycles. The molecule has 206 valence electrons. The van der Waals surface area contributed by atoms with E-state index in [1.807, 2.05) is 6.07 Å². The Morgan fingerprint density at radius 1 is 0.550 bits per heavy atom. The summed E-state index contributed by atoms with van der Waals surface area (Å²) in [6.07, 6.45) is 2.44. The van der Waals surface area contributed by atoms with Gasteiger partial charge in [0.2, 0.25) is 0 Å². The maximum atomic E-state index is 6.38. The first-order chi connectivity index (χ1) is 19.7. The molecule has 4 aromatic carbocycles. The molecule has 7 heteroatoms. The SMILES string of the molecule is c1cc2ccc(OCC3CO3)c(Cc3c(OCC4CO4)ccc4ccc(OCC5CO5)cc34)c2cc1CC1CO1. The van der Waals surface area contributed by atoms with E-state index in [2.05, 4.69) is 54.6 Å². The summed E-state index contributed by atoms with van der Waals surface area (Å²) < 4.78 is 40.6. The summed E-state index contributed by atoms with van der Waals surface area (Å²) in [5.74, 6) is 2.58. The number of hydrogen-bond donors (Lipinski definition) is 0. The lowest BCUT2D eigenvalue weighted by atomic mass is 9.92. The van der Waals surface area contributed by atoms with Crippen molar-refractivity contribution in [2.24, 2.45) is 0 Å². The van der Waals surface area contributed by atoms with E-state index in [0.717, 1.165) is 72.0 Å². The predicted octanol–water partition coefficient (Wildman–Crippen LogP) is 4.86. The number of epoxide rings is 4. The number of rotatable bonds is 13. The Bertz CT molecular complexity index is 1540. The predicted molar refractivity (Wildman–Crippen MR) is 150 cm³/mol.